The molecule has 2 fully saturated rings. The minimum Gasteiger partial charge on any atom is -0.381 e. The van der Waals surface area contributed by atoms with E-state index in [9.17, 15) is 4.79 Å². The minimum absolute atomic E-state index is 0.0176. The average Bonchev–Trinajstić information content (AvgIpc) is 3.31. The molecule has 2 heterocycles. The zero-order valence-corrected chi connectivity index (χ0v) is 11.6. The standard InChI is InChI=1S/C15H21N3O2/c19-15(18-13-2-3-13)12-1-4-14(17-10-12)16-9-11-5-7-20-8-6-11/h1,4,10-11,13H,2-3,5-9H2,(H,16,17)(H,18,19). The Labute approximate surface area is 119 Å². The van der Waals surface area contributed by atoms with Crippen molar-refractivity contribution in [3.05, 3.63) is 23.9 Å². The summed E-state index contributed by atoms with van der Waals surface area (Å²) >= 11 is 0. The largest absolute Gasteiger partial charge is 0.381 e. The molecule has 5 heteroatoms. The Bertz CT molecular complexity index is 451. The lowest BCUT2D eigenvalue weighted by Crippen LogP contribution is -2.25. The normalized spacial score (nSPS) is 19.6. The molecule has 20 heavy (non-hydrogen) atoms. The van der Waals surface area contributed by atoms with Gasteiger partial charge in [-0.25, -0.2) is 4.98 Å². The topological polar surface area (TPSA) is 63.2 Å². The van der Waals surface area contributed by atoms with E-state index in [-0.39, 0.29) is 5.91 Å². The summed E-state index contributed by atoms with van der Waals surface area (Å²) in [5, 5.41) is 6.30. The number of anilines is 1. The lowest BCUT2D eigenvalue weighted by molar-refractivity contribution is 0.0699. The van der Waals surface area contributed by atoms with Gasteiger partial charge < -0.3 is 15.4 Å². The molecule has 0 spiro atoms. The number of aromatic nitrogens is 1. The lowest BCUT2D eigenvalue weighted by atomic mass is 10.0. The van der Waals surface area contributed by atoms with Gasteiger partial charge >= 0.3 is 0 Å². The van der Waals surface area contributed by atoms with Crippen LogP contribution in [0.5, 0.6) is 0 Å². The van der Waals surface area contributed by atoms with Gasteiger partial charge in [-0.3, -0.25) is 4.79 Å². The fourth-order valence-corrected chi connectivity index (χ4v) is 2.33. The first-order chi connectivity index (χ1) is 9.81. The van der Waals surface area contributed by atoms with Gasteiger partial charge in [0.1, 0.15) is 5.82 Å². The first kappa shape index (κ1) is 13.4. The molecule has 108 valence electrons. The molecule has 1 aliphatic heterocycles. The molecular weight excluding hydrogens is 254 g/mol. The van der Waals surface area contributed by atoms with E-state index in [2.05, 4.69) is 15.6 Å². The summed E-state index contributed by atoms with van der Waals surface area (Å²) in [6.45, 7) is 2.64. The number of pyridine rings is 1. The highest BCUT2D eigenvalue weighted by molar-refractivity contribution is 5.94. The number of nitrogens with one attached hydrogen (secondary N) is 2. The number of ether oxygens (including phenoxy) is 1. The Hall–Kier alpha value is -1.62. The third kappa shape index (κ3) is 3.70. The fraction of sp³-hybridized carbons (Fsp3) is 0.600. The van der Waals surface area contributed by atoms with Crippen LogP contribution in [-0.4, -0.2) is 36.7 Å². The van der Waals surface area contributed by atoms with E-state index in [1.165, 1.54) is 0 Å². The quantitative estimate of drug-likeness (QED) is 0.860. The van der Waals surface area contributed by atoms with Crippen molar-refractivity contribution < 1.29 is 9.53 Å². The fourth-order valence-electron chi connectivity index (χ4n) is 2.33. The van der Waals surface area contributed by atoms with Crippen LogP contribution in [0.1, 0.15) is 36.0 Å². The molecular formula is C15H21N3O2. The first-order valence-electron chi connectivity index (χ1n) is 7.40. The Morgan fingerprint density at radius 1 is 1.25 bits per heavy atom. The Balaban J connectivity index is 1.48. The number of rotatable bonds is 5. The van der Waals surface area contributed by atoms with Crippen LogP contribution in [0.3, 0.4) is 0 Å². The molecule has 1 saturated heterocycles. The van der Waals surface area contributed by atoms with Crippen molar-refractivity contribution in [2.75, 3.05) is 25.1 Å². The van der Waals surface area contributed by atoms with Crippen LogP contribution in [0.15, 0.2) is 18.3 Å². The van der Waals surface area contributed by atoms with Crippen LogP contribution in [0.4, 0.5) is 5.82 Å². The molecule has 0 unspecified atom stereocenters. The lowest BCUT2D eigenvalue weighted by Gasteiger charge is -2.22. The Kier molecular flexibility index (Phi) is 4.16. The van der Waals surface area contributed by atoms with Crippen LogP contribution in [0.25, 0.3) is 0 Å². The van der Waals surface area contributed by atoms with Crippen LogP contribution in [0.2, 0.25) is 0 Å². The van der Waals surface area contributed by atoms with Gasteiger partial charge in [-0.15, -0.1) is 0 Å². The summed E-state index contributed by atoms with van der Waals surface area (Å²) in [5.74, 6) is 1.47. The van der Waals surface area contributed by atoms with Crippen molar-refractivity contribution in [3.8, 4) is 0 Å². The van der Waals surface area contributed by atoms with Gasteiger partial charge in [0, 0.05) is 32.0 Å². The molecule has 1 amide bonds. The van der Waals surface area contributed by atoms with Crippen LogP contribution in [0, 0.1) is 5.92 Å². The predicted octanol–water partition coefficient (Wildman–Crippen LogP) is 1.81. The van der Waals surface area contributed by atoms with Gasteiger partial charge in [0.25, 0.3) is 5.91 Å². The number of hydrogen-bond acceptors (Lipinski definition) is 4. The first-order valence-corrected chi connectivity index (χ1v) is 7.40. The number of amides is 1. The predicted molar refractivity (Wildman–Crippen MR) is 76.8 cm³/mol. The molecule has 0 atom stereocenters. The second-order valence-corrected chi connectivity index (χ2v) is 5.62. The van der Waals surface area contributed by atoms with E-state index >= 15 is 0 Å². The smallest absolute Gasteiger partial charge is 0.253 e. The molecule has 1 aromatic heterocycles. The average molecular weight is 275 g/mol. The number of carbonyl (C=O) groups excluding carboxylic acids is 1. The molecule has 1 aliphatic carbocycles. The van der Waals surface area contributed by atoms with Crippen LogP contribution >= 0.6 is 0 Å². The molecule has 5 nitrogen and oxygen atoms in total. The van der Waals surface area contributed by atoms with Crippen LogP contribution < -0.4 is 10.6 Å². The second-order valence-electron chi connectivity index (χ2n) is 5.62. The molecule has 1 aromatic rings. The third-order valence-electron chi connectivity index (χ3n) is 3.85. The zero-order chi connectivity index (χ0) is 13.8. The van der Waals surface area contributed by atoms with E-state index in [1.807, 2.05) is 12.1 Å². The molecule has 2 aliphatic rings. The molecule has 3 rings (SSSR count). The van der Waals surface area contributed by atoms with Crippen molar-refractivity contribution in [1.82, 2.24) is 10.3 Å². The van der Waals surface area contributed by atoms with Crippen molar-refractivity contribution >= 4 is 11.7 Å². The minimum atomic E-state index is -0.0176. The summed E-state index contributed by atoms with van der Waals surface area (Å²) in [7, 11) is 0. The summed E-state index contributed by atoms with van der Waals surface area (Å²) in [5.41, 5.74) is 0.633. The molecule has 0 bridgehead atoms. The van der Waals surface area contributed by atoms with Gasteiger partial charge in [-0.2, -0.15) is 0 Å². The highest BCUT2D eigenvalue weighted by Gasteiger charge is 2.23. The maximum atomic E-state index is 11.8. The summed E-state index contributed by atoms with van der Waals surface area (Å²) in [6, 6.07) is 4.09. The monoisotopic (exact) mass is 275 g/mol. The number of hydrogen-bond donors (Lipinski definition) is 2. The Morgan fingerprint density at radius 2 is 2.05 bits per heavy atom. The highest BCUT2D eigenvalue weighted by Crippen LogP contribution is 2.19. The van der Waals surface area contributed by atoms with Gasteiger partial charge in [0.05, 0.1) is 5.56 Å². The van der Waals surface area contributed by atoms with Gasteiger partial charge in [0.2, 0.25) is 0 Å². The summed E-state index contributed by atoms with van der Waals surface area (Å²) in [4.78, 5) is 16.1. The SMILES string of the molecule is O=C(NC1CC1)c1ccc(NCC2CCOCC2)nc1. The molecule has 2 N–H and O–H groups in total. The van der Waals surface area contributed by atoms with Crippen LogP contribution in [-0.2, 0) is 4.74 Å². The van der Waals surface area contributed by atoms with E-state index in [0.717, 1.165) is 51.3 Å². The van der Waals surface area contributed by atoms with Crippen molar-refractivity contribution in [2.45, 2.75) is 31.7 Å². The van der Waals surface area contributed by atoms with Gasteiger partial charge in [-0.05, 0) is 43.7 Å². The highest BCUT2D eigenvalue weighted by atomic mass is 16.5. The summed E-state index contributed by atoms with van der Waals surface area (Å²) in [6.07, 6.45) is 6.06. The summed E-state index contributed by atoms with van der Waals surface area (Å²) < 4.78 is 5.34. The van der Waals surface area contributed by atoms with Gasteiger partial charge in [0.15, 0.2) is 0 Å². The molecule has 0 radical (unpaired) electrons. The van der Waals surface area contributed by atoms with Crippen molar-refractivity contribution in [2.24, 2.45) is 5.92 Å². The van der Waals surface area contributed by atoms with E-state index in [4.69, 9.17) is 4.74 Å². The third-order valence-corrected chi connectivity index (χ3v) is 3.85. The molecule has 1 saturated carbocycles. The van der Waals surface area contributed by atoms with Crippen molar-refractivity contribution in [3.63, 3.8) is 0 Å². The number of carbonyl (C=O) groups is 1. The molecule has 0 aromatic carbocycles. The maximum Gasteiger partial charge on any atom is 0.253 e. The van der Waals surface area contributed by atoms with E-state index < -0.39 is 0 Å². The Morgan fingerprint density at radius 3 is 2.70 bits per heavy atom. The van der Waals surface area contributed by atoms with E-state index in [1.54, 1.807) is 6.20 Å². The van der Waals surface area contributed by atoms with Crippen molar-refractivity contribution in [1.29, 1.82) is 0 Å². The maximum absolute atomic E-state index is 11.8. The number of nitrogens with zero attached hydrogens (tertiary/aromatic N) is 1. The van der Waals surface area contributed by atoms with Gasteiger partial charge in [-0.1, -0.05) is 0 Å². The van der Waals surface area contributed by atoms with E-state index in [0.29, 0.717) is 17.5 Å². The second kappa shape index (κ2) is 6.22. The zero-order valence-electron chi connectivity index (χ0n) is 11.6.